The molecule has 0 saturated carbocycles. The van der Waals surface area contributed by atoms with Crippen LogP contribution < -0.4 is 0 Å². The second-order valence-electron chi connectivity index (χ2n) is 9.64. The van der Waals surface area contributed by atoms with Gasteiger partial charge in [0.2, 0.25) is 0 Å². The van der Waals surface area contributed by atoms with E-state index in [1.807, 2.05) is 17.8 Å². The molecule has 0 spiro atoms. The minimum Gasteiger partial charge on any atom is -0.507 e. The van der Waals surface area contributed by atoms with Crippen molar-refractivity contribution in [2.45, 2.75) is 76.0 Å². The van der Waals surface area contributed by atoms with E-state index >= 15 is 0 Å². The smallest absolute Gasteiger partial charge is 0.195 e. The number of pyridine rings is 1. The molecule has 0 fully saturated rings. The molecule has 0 saturated heterocycles. The van der Waals surface area contributed by atoms with Crippen molar-refractivity contribution in [3.8, 4) is 0 Å². The number of aliphatic hydroxyl groups excluding tert-OH is 1. The van der Waals surface area contributed by atoms with Gasteiger partial charge in [0.25, 0.3) is 0 Å². The number of rotatable bonds is 2. The Morgan fingerprint density at radius 1 is 1.10 bits per heavy atom. The number of aliphatic imine (C=N–C) groups is 1. The Morgan fingerprint density at radius 2 is 1.94 bits per heavy atom. The van der Waals surface area contributed by atoms with Crippen LogP contribution in [0.25, 0.3) is 5.57 Å². The molecule has 4 nitrogen and oxygen atoms in total. The van der Waals surface area contributed by atoms with E-state index in [-0.39, 0.29) is 11.5 Å². The van der Waals surface area contributed by atoms with E-state index in [0.717, 1.165) is 68.2 Å². The van der Waals surface area contributed by atoms with Crippen LogP contribution in [-0.2, 0) is 17.6 Å². The summed E-state index contributed by atoms with van der Waals surface area (Å²) in [5, 5.41) is 12.7. The first-order valence-electron chi connectivity index (χ1n) is 11.7. The van der Waals surface area contributed by atoms with Crippen LogP contribution in [0.2, 0.25) is 0 Å². The average molecular weight is 433 g/mol. The minimum atomic E-state index is -0.00319. The summed E-state index contributed by atoms with van der Waals surface area (Å²) in [4.78, 5) is 22.9. The summed E-state index contributed by atoms with van der Waals surface area (Å²) in [6.45, 7) is 2.24. The van der Waals surface area contributed by atoms with E-state index in [1.165, 1.54) is 22.6 Å². The maximum atomic E-state index is 13.0. The van der Waals surface area contributed by atoms with Crippen LogP contribution >= 0.6 is 11.8 Å². The van der Waals surface area contributed by atoms with Crippen molar-refractivity contribution in [2.75, 3.05) is 0 Å². The Kier molecular flexibility index (Phi) is 4.71. The largest absolute Gasteiger partial charge is 0.507 e. The molecule has 160 valence electrons. The lowest BCUT2D eigenvalue weighted by Crippen LogP contribution is -2.22. The standard InChI is InChI=1S/C26H28N2O2S/c1-14-6-9-20-22(12-14)31-26(28-20)16-8-10-19-15(13-16)7-11-21(27-19)23-24(29)17-4-2-3-5-18(17)25(23)30/h6-7,11,16,20,22,29H,2-5,8-10,12-13H2,1H3. The molecule has 1 aliphatic heterocycles. The molecule has 1 aromatic rings. The maximum Gasteiger partial charge on any atom is 0.195 e. The van der Waals surface area contributed by atoms with Gasteiger partial charge in [0, 0.05) is 28.0 Å². The quantitative estimate of drug-likeness (QED) is 0.624. The minimum absolute atomic E-state index is 0.00319. The molecule has 0 amide bonds. The van der Waals surface area contributed by atoms with Gasteiger partial charge in [0.1, 0.15) is 5.76 Å². The van der Waals surface area contributed by atoms with E-state index in [1.54, 1.807) is 0 Å². The molecule has 4 aliphatic carbocycles. The van der Waals surface area contributed by atoms with Crippen molar-refractivity contribution in [1.29, 1.82) is 0 Å². The molecule has 31 heavy (non-hydrogen) atoms. The van der Waals surface area contributed by atoms with E-state index in [0.29, 0.717) is 28.5 Å². The summed E-state index contributed by atoms with van der Waals surface area (Å²) in [7, 11) is 0. The first kappa shape index (κ1) is 19.5. The van der Waals surface area contributed by atoms with E-state index in [4.69, 9.17) is 9.98 Å². The first-order valence-corrected chi connectivity index (χ1v) is 12.6. The van der Waals surface area contributed by atoms with Gasteiger partial charge < -0.3 is 5.11 Å². The molecular formula is C26H28N2O2S. The van der Waals surface area contributed by atoms with Gasteiger partial charge in [0.15, 0.2) is 5.78 Å². The summed E-state index contributed by atoms with van der Waals surface area (Å²) >= 11 is 2.01. The van der Waals surface area contributed by atoms with Gasteiger partial charge in [-0.1, -0.05) is 17.7 Å². The molecule has 0 radical (unpaired) electrons. The normalized spacial score (nSPS) is 30.1. The van der Waals surface area contributed by atoms with Crippen molar-refractivity contribution < 1.29 is 9.90 Å². The highest BCUT2D eigenvalue weighted by atomic mass is 32.2. The highest BCUT2D eigenvalue weighted by Gasteiger charge is 2.37. The molecular weight excluding hydrogens is 404 g/mol. The van der Waals surface area contributed by atoms with Crippen LogP contribution in [0.3, 0.4) is 0 Å². The van der Waals surface area contributed by atoms with Gasteiger partial charge in [-0.25, -0.2) is 0 Å². The molecule has 0 bridgehead atoms. The molecule has 5 aliphatic rings. The van der Waals surface area contributed by atoms with Crippen molar-refractivity contribution in [1.82, 2.24) is 4.98 Å². The number of nitrogens with zero attached hydrogens (tertiary/aromatic N) is 2. The van der Waals surface area contributed by atoms with E-state index < -0.39 is 0 Å². The lowest BCUT2D eigenvalue weighted by atomic mass is 9.86. The number of hydrogen-bond donors (Lipinski definition) is 1. The molecule has 2 heterocycles. The number of Topliss-reactive ketones (excluding diaryl/α,β-unsaturated/α-hetero) is 1. The van der Waals surface area contributed by atoms with Crippen LogP contribution in [0.5, 0.6) is 0 Å². The summed E-state index contributed by atoms with van der Waals surface area (Å²) in [6, 6.07) is 4.54. The van der Waals surface area contributed by atoms with Crippen LogP contribution in [0.1, 0.15) is 68.8 Å². The second-order valence-corrected chi connectivity index (χ2v) is 10.9. The Balaban J connectivity index is 1.22. The predicted octanol–water partition coefficient (Wildman–Crippen LogP) is 5.53. The molecule has 1 N–H and O–H groups in total. The Bertz CT molecular complexity index is 1110. The number of aliphatic hydroxyl groups is 1. The number of aryl methyl sites for hydroxylation is 1. The summed E-state index contributed by atoms with van der Waals surface area (Å²) in [6.07, 6.45) is 11.2. The zero-order valence-corrected chi connectivity index (χ0v) is 18.8. The van der Waals surface area contributed by atoms with E-state index in [9.17, 15) is 9.90 Å². The lowest BCUT2D eigenvalue weighted by molar-refractivity contribution is -0.110. The average Bonchev–Trinajstić information content (AvgIpc) is 3.32. The van der Waals surface area contributed by atoms with E-state index in [2.05, 4.69) is 19.1 Å². The predicted molar refractivity (Wildman–Crippen MR) is 125 cm³/mol. The maximum absolute atomic E-state index is 13.0. The van der Waals surface area contributed by atoms with Crippen molar-refractivity contribution in [3.05, 3.63) is 57.6 Å². The van der Waals surface area contributed by atoms with Crippen LogP contribution in [0.4, 0.5) is 0 Å². The van der Waals surface area contributed by atoms with Crippen molar-refractivity contribution >= 4 is 28.2 Å². The Labute approximate surface area is 187 Å². The van der Waals surface area contributed by atoms with Gasteiger partial charge >= 0.3 is 0 Å². The number of ketones is 1. The SMILES string of the molecule is CC1=CCC2N=C(C3CCc4nc(C5=C(O)C6=C(CCCC6)C5=O)ccc4C3)SC2C1. The fourth-order valence-corrected chi connectivity index (χ4v) is 7.42. The number of hydrogen-bond acceptors (Lipinski definition) is 5. The summed E-state index contributed by atoms with van der Waals surface area (Å²) in [5.41, 5.74) is 6.63. The first-order chi connectivity index (χ1) is 15.1. The Morgan fingerprint density at radius 3 is 2.77 bits per heavy atom. The molecule has 1 aromatic heterocycles. The zero-order chi connectivity index (χ0) is 21.1. The number of carbonyl (C=O) groups excluding carboxylic acids is 1. The molecule has 6 rings (SSSR count). The van der Waals surface area contributed by atoms with Crippen LogP contribution in [0, 0.1) is 5.92 Å². The third kappa shape index (κ3) is 3.24. The number of fused-ring (bicyclic) bond motifs is 2. The fourth-order valence-electron chi connectivity index (χ4n) is 5.84. The molecule has 3 atom stereocenters. The number of thioether (sulfide) groups is 1. The van der Waals surface area contributed by atoms with Crippen molar-refractivity contribution in [3.63, 3.8) is 0 Å². The third-order valence-corrected chi connectivity index (χ3v) is 9.05. The highest BCUT2D eigenvalue weighted by molar-refractivity contribution is 8.14. The van der Waals surface area contributed by atoms with Crippen LogP contribution in [-0.4, -0.2) is 32.2 Å². The van der Waals surface area contributed by atoms with Crippen LogP contribution in [0.15, 0.2) is 45.7 Å². The van der Waals surface area contributed by atoms with Gasteiger partial charge in [0.05, 0.1) is 22.4 Å². The monoisotopic (exact) mass is 432 g/mol. The van der Waals surface area contributed by atoms with Gasteiger partial charge in [-0.2, -0.15) is 0 Å². The molecule has 3 unspecified atom stereocenters. The second kappa shape index (κ2) is 7.47. The Hall–Kier alpha value is -2.14. The fraction of sp³-hybridized carbons (Fsp3) is 0.500. The molecule has 5 heteroatoms. The number of allylic oxidation sites excluding steroid dienone is 4. The highest BCUT2D eigenvalue weighted by Crippen LogP contribution is 2.43. The molecule has 0 aromatic carbocycles. The van der Waals surface area contributed by atoms with Gasteiger partial charge in [-0.3, -0.25) is 14.8 Å². The van der Waals surface area contributed by atoms with Crippen molar-refractivity contribution in [2.24, 2.45) is 10.9 Å². The summed E-state index contributed by atoms with van der Waals surface area (Å²) < 4.78 is 0. The lowest BCUT2D eigenvalue weighted by Gasteiger charge is -2.25. The zero-order valence-electron chi connectivity index (χ0n) is 18.0. The van der Waals surface area contributed by atoms with Gasteiger partial charge in [-0.15, -0.1) is 11.8 Å². The summed E-state index contributed by atoms with van der Waals surface area (Å²) in [5.74, 6) is 0.673. The number of aromatic nitrogens is 1. The van der Waals surface area contributed by atoms with Gasteiger partial charge in [-0.05, 0) is 76.3 Å². The number of carbonyl (C=O) groups is 1. The topological polar surface area (TPSA) is 62.6 Å². The third-order valence-electron chi connectivity index (χ3n) is 7.59.